The number of carbonyl (C=O) groups is 1. The second-order valence-corrected chi connectivity index (χ2v) is 5.57. The van der Waals surface area contributed by atoms with Gasteiger partial charge in [-0.2, -0.15) is 0 Å². The van der Waals surface area contributed by atoms with E-state index in [0.29, 0.717) is 24.7 Å². The van der Waals surface area contributed by atoms with E-state index in [4.69, 9.17) is 9.47 Å². The number of hydrogen-bond donors (Lipinski definition) is 2. The highest BCUT2D eigenvalue weighted by molar-refractivity contribution is 5.93. The van der Waals surface area contributed by atoms with Crippen LogP contribution in [0.15, 0.2) is 67.0 Å². The van der Waals surface area contributed by atoms with Gasteiger partial charge in [0.1, 0.15) is 23.6 Å². The fraction of sp³-hybridized carbons (Fsp3) is 0.150. The molecule has 7 nitrogen and oxygen atoms in total. The number of nitrogens with zero attached hydrogens (tertiary/aromatic N) is 2. The molecule has 1 aromatic heterocycles. The van der Waals surface area contributed by atoms with Gasteiger partial charge in [0.25, 0.3) is 5.91 Å². The molecule has 138 valence electrons. The molecule has 0 saturated carbocycles. The Morgan fingerprint density at radius 3 is 2.63 bits per heavy atom. The SMILES string of the molecule is COCCNC(=O)c1cc(Nc2ccccc2Oc2ccccc2)ncn1. The van der Waals surface area contributed by atoms with Crippen LogP contribution in [0.4, 0.5) is 11.5 Å². The van der Waals surface area contributed by atoms with Gasteiger partial charge >= 0.3 is 0 Å². The summed E-state index contributed by atoms with van der Waals surface area (Å²) in [5.74, 6) is 1.58. The number of para-hydroxylation sites is 3. The van der Waals surface area contributed by atoms with E-state index >= 15 is 0 Å². The Morgan fingerprint density at radius 2 is 1.81 bits per heavy atom. The molecule has 3 rings (SSSR count). The number of carbonyl (C=O) groups excluding carboxylic acids is 1. The number of aromatic nitrogens is 2. The maximum absolute atomic E-state index is 12.1. The van der Waals surface area contributed by atoms with E-state index in [1.165, 1.54) is 6.33 Å². The molecule has 1 amide bonds. The minimum Gasteiger partial charge on any atom is -0.455 e. The summed E-state index contributed by atoms with van der Waals surface area (Å²) < 4.78 is 10.8. The van der Waals surface area contributed by atoms with Crippen LogP contribution >= 0.6 is 0 Å². The molecule has 0 aliphatic carbocycles. The summed E-state index contributed by atoms with van der Waals surface area (Å²) >= 11 is 0. The van der Waals surface area contributed by atoms with E-state index in [1.807, 2.05) is 54.6 Å². The van der Waals surface area contributed by atoms with Gasteiger partial charge in [-0.1, -0.05) is 30.3 Å². The first-order chi connectivity index (χ1) is 13.3. The van der Waals surface area contributed by atoms with Gasteiger partial charge in [-0.3, -0.25) is 4.79 Å². The summed E-state index contributed by atoms with van der Waals surface area (Å²) in [6.45, 7) is 0.849. The molecule has 2 aromatic carbocycles. The summed E-state index contributed by atoms with van der Waals surface area (Å²) in [5, 5.41) is 5.90. The number of methoxy groups -OCH3 is 1. The number of rotatable bonds is 8. The van der Waals surface area contributed by atoms with Gasteiger partial charge in [0.2, 0.25) is 0 Å². The third kappa shape index (κ3) is 5.26. The maximum Gasteiger partial charge on any atom is 0.270 e. The predicted octanol–water partition coefficient (Wildman–Crippen LogP) is 3.39. The Labute approximate surface area is 157 Å². The molecule has 0 atom stereocenters. The van der Waals surface area contributed by atoms with Crippen LogP contribution < -0.4 is 15.4 Å². The number of ether oxygens (including phenoxy) is 2. The van der Waals surface area contributed by atoms with Gasteiger partial charge in [-0.15, -0.1) is 0 Å². The van der Waals surface area contributed by atoms with Crippen molar-refractivity contribution in [2.24, 2.45) is 0 Å². The maximum atomic E-state index is 12.1. The van der Waals surface area contributed by atoms with Gasteiger partial charge in [-0.05, 0) is 24.3 Å². The lowest BCUT2D eigenvalue weighted by molar-refractivity contribution is 0.0932. The number of benzene rings is 2. The minimum absolute atomic E-state index is 0.269. The van der Waals surface area contributed by atoms with Gasteiger partial charge in [0.15, 0.2) is 5.75 Å². The molecule has 0 aliphatic rings. The Bertz CT molecular complexity index is 887. The van der Waals surface area contributed by atoms with Gasteiger partial charge in [0, 0.05) is 19.7 Å². The van der Waals surface area contributed by atoms with E-state index < -0.39 is 0 Å². The summed E-state index contributed by atoms with van der Waals surface area (Å²) in [5.41, 5.74) is 0.996. The highest BCUT2D eigenvalue weighted by Gasteiger charge is 2.10. The summed E-state index contributed by atoms with van der Waals surface area (Å²) in [6.07, 6.45) is 1.34. The molecule has 0 aliphatic heterocycles. The Kier molecular flexibility index (Phi) is 6.32. The number of amides is 1. The summed E-state index contributed by atoms with van der Waals surface area (Å²) in [6, 6.07) is 18.6. The fourth-order valence-corrected chi connectivity index (χ4v) is 2.32. The van der Waals surface area contributed by atoms with Crippen molar-refractivity contribution in [3.63, 3.8) is 0 Å². The van der Waals surface area contributed by atoms with Gasteiger partial charge in [0.05, 0.1) is 12.3 Å². The highest BCUT2D eigenvalue weighted by atomic mass is 16.5. The lowest BCUT2D eigenvalue weighted by Gasteiger charge is -2.13. The molecule has 3 aromatic rings. The molecular formula is C20H20N4O3. The van der Waals surface area contributed by atoms with E-state index in [0.717, 1.165) is 11.4 Å². The zero-order valence-corrected chi connectivity index (χ0v) is 14.9. The summed E-state index contributed by atoms with van der Waals surface area (Å²) in [7, 11) is 1.58. The lowest BCUT2D eigenvalue weighted by Crippen LogP contribution is -2.27. The smallest absolute Gasteiger partial charge is 0.270 e. The van der Waals surface area contributed by atoms with Crippen LogP contribution in [-0.2, 0) is 4.74 Å². The van der Waals surface area contributed by atoms with E-state index in [-0.39, 0.29) is 11.6 Å². The van der Waals surface area contributed by atoms with Crippen LogP contribution in [0.2, 0.25) is 0 Å². The first-order valence-electron chi connectivity index (χ1n) is 8.44. The second-order valence-electron chi connectivity index (χ2n) is 5.57. The highest BCUT2D eigenvalue weighted by Crippen LogP contribution is 2.30. The van der Waals surface area contributed by atoms with E-state index in [2.05, 4.69) is 20.6 Å². The molecule has 0 saturated heterocycles. The zero-order chi connectivity index (χ0) is 18.9. The van der Waals surface area contributed by atoms with Crippen LogP contribution in [0.25, 0.3) is 0 Å². The average Bonchev–Trinajstić information content (AvgIpc) is 2.71. The Morgan fingerprint density at radius 1 is 1.04 bits per heavy atom. The van der Waals surface area contributed by atoms with Crippen LogP contribution in [-0.4, -0.2) is 36.1 Å². The standard InChI is InChI=1S/C20H20N4O3/c1-26-12-11-21-20(25)17-13-19(23-14-22-17)24-16-9-5-6-10-18(16)27-15-7-3-2-4-8-15/h2-10,13-14H,11-12H2,1H3,(H,21,25)(H,22,23,24). The number of nitrogens with one attached hydrogen (secondary N) is 2. The van der Waals surface area contributed by atoms with Gasteiger partial charge < -0.3 is 20.1 Å². The molecule has 0 spiro atoms. The third-order valence-corrected chi connectivity index (χ3v) is 3.61. The van der Waals surface area contributed by atoms with E-state index in [1.54, 1.807) is 13.2 Å². The van der Waals surface area contributed by atoms with Crippen LogP contribution in [0.3, 0.4) is 0 Å². The van der Waals surface area contributed by atoms with Crippen LogP contribution in [0, 0.1) is 0 Å². The molecule has 0 fully saturated rings. The fourth-order valence-electron chi connectivity index (χ4n) is 2.32. The first kappa shape index (κ1) is 18.3. The minimum atomic E-state index is -0.286. The van der Waals surface area contributed by atoms with Crippen molar-refractivity contribution >= 4 is 17.4 Å². The molecule has 7 heteroatoms. The monoisotopic (exact) mass is 364 g/mol. The van der Waals surface area contributed by atoms with Gasteiger partial charge in [-0.25, -0.2) is 9.97 Å². The molecule has 0 bridgehead atoms. The molecule has 0 radical (unpaired) electrons. The average molecular weight is 364 g/mol. The van der Waals surface area contributed by atoms with Crippen molar-refractivity contribution in [2.75, 3.05) is 25.6 Å². The quantitative estimate of drug-likeness (QED) is 0.596. The molecular weight excluding hydrogens is 344 g/mol. The van der Waals surface area contributed by atoms with Crippen molar-refractivity contribution in [2.45, 2.75) is 0 Å². The Hall–Kier alpha value is -3.45. The first-order valence-corrected chi connectivity index (χ1v) is 8.44. The normalized spacial score (nSPS) is 10.3. The number of anilines is 2. The van der Waals surface area contributed by atoms with Crippen molar-refractivity contribution in [1.82, 2.24) is 15.3 Å². The Balaban J connectivity index is 1.74. The van der Waals surface area contributed by atoms with E-state index in [9.17, 15) is 4.79 Å². The van der Waals surface area contributed by atoms with Crippen molar-refractivity contribution in [3.8, 4) is 11.5 Å². The zero-order valence-electron chi connectivity index (χ0n) is 14.9. The van der Waals surface area contributed by atoms with Crippen molar-refractivity contribution in [1.29, 1.82) is 0 Å². The second kappa shape index (κ2) is 9.30. The number of hydrogen-bond acceptors (Lipinski definition) is 6. The third-order valence-electron chi connectivity index (χ3n) is 3.61. The predicted molar refractivity (Wildman–Crippen MR) is 102 cm³/mol. The molecule has 27 heavy (non-hydrogen) atoms. The lowest BCUT2D eigenvalue weighted by atomic mass is 10.2. The molecule has 2 N–H and O–H groups in total. The van der Waals surface area contributed by atoms with Crippen molar-refractivity contribution in [3.05, 3.63) is 72.7 Å². The van der Waals surface area contributed by atoms with Crippen LogP contribution in [0.1, 0.15) is 10.5 Å². The molecule has 1 heterocycles. The van der Waals surface area contributed by atoms with Crippen LogP contribution in [0.5, 0.6) is 11.5 Å². The topological polar surface area (TPSA) is 85.4 Å². The largest absolute Gasteiger partial charge is 0.455 e. The van der Waals surface area contributed by atoms with Crippen molar-refractivity contribution < 1.29 is 14.3 Å². The molecule has 0 unspecified atom stereocenters. The summed E-state index contributed by atoms with van der Waals surface area (Å²) in [4.78, 5) is 20.3.